The van der Waals surface area contributed by atoms with Crippen LogP contribution in [0.25, 0.3) is 17.1 Å². The van der Waals surface area contributed by atoms with E-state index < -0.39 is 6.10 Å². The summed E-state index contributed by atoms with van der Waals surface area (Å²) in [5.74, 6) is 0.723. The van der Waals surface area contributed by atoms with Gasteiger partial charge in [0.2, 0.25) is 0 Å². The number of aliphatic hydroxyl groups is 1. The molecule has 2 N–H and O–H groups in total. The zero-order chi connectivity index (χ0) is 21.5. The monoisotopic (exact) mass is 410 g/mol. The van der Waals surface area contributed by atoms with Crippen LogP contribution in [0.4, 0.5) is 5.69 Å². The standard InChI is InChI=1S/C23H30N4O3/c1-5-29-23-25-22(18-8-6-17(4)7-9-18)27(26-23)20-12-10-19(11-13-20)24-14-21(28)15-30-16(2)3/h6-13,16,21,24,28H,5,14-15H2,1-4H3. The zero-order valence-electron chi connectivity index (χ0n) is 18.0. The molecule has 0 aliphatic carbocycles. The van der Waals surface area contributed by atoms with Gasteiger partial charge in [0.15, 0.2) is 5.82 Å². The Balaban J connectivity index is 1.76. The van der Waals surface area contributed by atoms with Gasteiger partial charge in [0.05, 0.1) is 31.1 Å². The predicted molar refractivity (Wildman–Crippen MR) is 118 cm³/mol. The van der Waals surface area contributed by atoms with Crippen molar-refractivity contribution in [1.29, 1.82) is 0 Å². The average molecular weight is 411 g/mol. The number of nitrogens with one attached hydrogen (secondary N) is 1. The van der Waals surface area contributed by atoms with Gasteiger partial charge in [-0.25, -0.2) is 4.68 Å². The van der Waals surface area contributed by atoms with E-state index in [4.69, 9.17) is 9.47 Å². The van der Waals surface area contributed by atoms with E-state index in [9.17, 15) is 5.11 Å². The highest BCUT2D eigenvalue weighted by molar-refractivity contribution is 5.60. The highest BCUT2D eigenvalue weighted by Gasteiger charge is 2.14. The van der Waals surface area contributed by atoms with E-state index in [-0.39, 0.29) is 6.10 Å². The summed E-state index contributed by atoms with van der Waals surface area (Å²) in [6.07, 6.45) is -0.463. The Labute approximate surface area is 177 Å². The van der Waals surface area contributed by atoms with Gasteiger partial charge in [-0.15, -0.1) is 5.10 Å². The Bertz CT molecular complexity index is 921. The van der Waals surface area contributed by atoms with E-state index in [2.05, 4.69) is 34.5 Å². The second kappa shape index (κ2) is 10.2. The van der Waals surface area contributed by atoms with E-state index in [0.717, 1.165) is 22.8 Å². The maximum Gasteiger partial charge on any atom is 0.336 e. The molecular weight excluding hydrogens is 380 g/mol. The first-order chi connectivity index (χ1) is 14.5. The van der Waals surface area contributed by atoms with Crippen LogP contribution in [0.2, 0.25) is 0 Å². The molecule has 0 aliphatic rings. The first-order valence-electron chi connectivity index (χ1n) is 10.3. The predicted octanol–water partition coefficient (Wildman–Crippen LogP) is 3.84. The molecule has 3 rings (SSSR count). The first-order valence-corrected chi connectivity index (χ1v) is 10.3. The summed E-state index contributed by atoms with van der Waals surface area (Å²) in [4.78, 5) is 4.56. The molecule has 3 aromatic rings. The van der Waals surface area contributed by atoms with Crippen LogP contribution in [0.1, 0.15) is 26.3 Å². The lowest BCUT2D eigenvalue weighted by molar-refractivity contribution is 0.0112. The summed E-state index contributed by atoms with van der Waals surface area (Å²) in [7, 11) is 0. The average Bonchev–Trinajstić information content (AvgIpc) is 3.16. The topological polar surface area (TPSA) is 81.4 Å². The zero-order valence-corrected chi connectivity index (χ0v) is 18.0. The van der Waals surface area contributed by atoms with Crippen LogP contribution in [-0.2, 0) is 4.74 Å². The number of aromatic nitrogens is 3. The lowest BCUT2D eigenvalue weighted by atomic mass is 10.1. The quantitative estimate of drug-likeness (QED) is 0.529. The van der Waals surface area contributed by atoms with Gasteiger partial charge in [-0.3, -0.25) is 0 Å². The van der Waals surface area contributed by atoms with Crippen LogP contribution < -0.4 is 10.1 Å². The van der Waals surface area contributed by atoms with Crippen molar-refractivity contribution in [1.82, 2.24) is 14.8 Å². The lowest BCUT2D eigenvalue weighted by Gasteiger charge is -2.15. The highest BCUT2D eigenvalue weighted by atomic mass is 16.5. The minimum absolute atomic E-state index is 0.103. The molecule has 0 saturated carbocycles. The van der Waals surface area contributed by atoms with Gasteiger partial charge in [-0.05, 0) is 52.0 Å². The molecule has 0 amide bonds. The SMILES string of the molecule is CCOc1nc(-c2ccc(C)cc2)n(-c2ccc(NCC(O)COC(C)C)cc2)n1. The fraction of sp³-hybridized carbons (Fsp3) is 0.391. The van der Waals surface area contributed by atoms with Gasteiger partial charge in [0, 0.05) is 17.8 Å². The van der Waals surface area contributed by atoms with Crippen LogP contribution in [0, 0.1) is 6.92 Å². The first kappa shape index (κ1) is 21.8. The van der Waals surface area contributed by atoms with Gasteiger partial charge in [-0.1, -0.05) is 29.8 Å². The smallest absolute Gasteiger partial charge is 0.336 e. The van der Waals surface area contributed by atoms with E-state index in [1.165, 1.54) is 5.56 Å². The van der Waals surface area contributed by atoms with E-state index in [1.54, 1.807) is 4.68 Å². The molecule has 1 unspecified atom stereocenters. The number of anilines is 1. The maximum absolute atomic E-state index is 10.0. The third-order valence-electron chi connectivity index (χ3n) is 4.45. The number of hydrogen-bond donors (Lipinski definition) is 2. The van der Waals surface area contributed by atoms with Crippen molar-refractivity contribution in [3.8, 4) is 23.1 Å². The molecule has 0 radical (unpaired) electrons. The molecule has 1 heterocycles. The second-order valence-corrected chi connectivity index (χ2v) is 7.39. The summed E-state index contributed by atoms with van der Waals surface area (Å²) >= 11 is 0. The summed E-state index contributed by atoms with van der Waals surface area (Å²) in [6.45, 7) is 9.09. The molecule has 1 atom stereocenters. The van der Waals surface area contributed by atoms with Gasteiger partial charge >= 0.3 is 6.01 Å². The van der Waals surface area contributed by atoms with Crippen molar-refractivity contribution < 1.29 is 14.6 Å². The van der Waals surface area contributed by atoms with Crippen molar-refractivity contribution in [2.24, 2.45) is 0 Å². The molecule has 2 aromatic carbocycles. The number of benzene rings is 2. The molecule has 7 nitrogen and oxygen atoms in total. The number of hydrogen-bond acceptors (Lipinski definition) is 6. The number of aliphatic hydroxyl groups excluding tert-OH is 1. The van der Waals surface area contributed by atoms with Crippen LogP contribution in [-0.4, -0.2) is 51.8 Å². The van der Waals surface area contributed by atoms with E-state index >= 15 is 0 Å². The third-order valence-corrected chi connectivity index (χ3v) is 4.45. The van der Waals surface area contributed by atoms with Crippen LogP contribution in [0.5, 0.6) is 6.01 Å². The Hall–Kier alpha value is -2.90. The van der Waals surface area contributed by atoms with Crippen molar-refractivity contribution in [2.45, 2.75) is 39.9 Å². The molecule has 1 aromatic heterocycles. The van der Waals surface area contributed by atoms with Crippen molar-refractivity contribution in [3.05, 3.63) is 54.1 Å². The van der Waals surface area contributed by atoms with Crippen LogP contribution in [0.15, 0.2) is 48.5 Å². The molecule has 7 heteroatoms. The van der Waals surface area contributed by atoms with Gasteiger partial charge in [-0.2, -0.15) is 4.98 Å². The minimum atomic E-state index is -0.565. The molecule has 0 bridgehead atoms. The summed E-state index contributed by atoms with van der Waals surface area (Å²) in [6, 6.07) is 16.3. The molecular formula is C23H30N4O3. The van der Waals surface area contributed by atoms with Crippen LogP contribution >= 0.6 is 0 Å². The normalized spacial score (nSPS) is 12.2. The Morgan fingerprint density at radius 2 is 1.77 bits per heavy atom. The van der Waals surface area contributed by atoms with Gasteiger partial charge in [0.1, 0.15) is 0 Å². The number of rotatable bonds is 10. The van der Waals surface area contributed by atoms with E-state index in [0.29, 0.717) is 25.8 Å². The van der Waals surface area contributed by atoms with Crippen molar-refractivity contribution >= 4 is 5.69 Å². The van der Waals surface area contributed by atoms with E-state index in [1.807, 2.05) is 57.2 Å². The minimum Gasteiger partial charge on any atom is -0.463 e. The van der Waals surface area contributed by atoms with Crippen LogP contribution in [0.3, 0.4) is 0 Å². The van der Waals surface area contributed by atoms with Crippen molar-refractivity contribution in [2.75, 3.05) is 25.1 Å². The lowest BCUT2D eigenvalue weighted by Crippen LogP contribution is -2.26. The Kier molecular flexibility index (Phi) is 7.43. The highest BCUT2D eigenvalue weighted by Crippen LogP contribution is 2.24. The van der Waals surface area contributed by atoms with Gasteiger partial charge < -0.3 is 19.9 Å². The fourth-order valence-corrected chi connectivity index (χ4v) is 2.87. The number of aryl methyl sites for hydroxylation is 1. The number of ether oxygens (including phenoxy) is 2. The second-order valence-electron chi connectivity index (χ2n) is 7.39. The Morgan fingerprint density at radius 3 is 2.40 bits per heavy atom. The molecule has 0 fully saturated rings. The summed E-state index contributed by atoms with van der Waals surface area (Å²) < 4.78 is 12.7. The molecule has 30 heavy (non-hydrogen) atoms. The number of nitrogens with zero attached hydrogens (tertiary/aromatic N) is 3. The molecule has 0 saturated heterocycles. The molecule has 0 spiro atoms. The maximum atomic E-state index is 10.0. The van der Waals surface area contributed by atoms with Gasteiger partial charge in [0.25, 0.3) is 0 Å². The largest absolute Gasteiger partial charge is 0.463 e. The molecule has 0 aliphatic heterocycles. The summed E-state index contributed by atoms with van der Waals surface area (Å²) in [5.41, 5.74) is 3.93. The summed E-state index contributed by atoms with van der Waals surface area (Å²) in [5, 5.41) is 17.7. The van der Waals surface area contributed by atoms with Crippen molar-refractivity contribution in [3.63, 3.8) is 0 Å². The molecule has 160 valence electrons. The third kappa shape index (κ3) is 5.81. The fourth-order valence-electron chi connectivity index (χ4n) is 2.87. The Morgan fingerprint density at radius 1 is 1.07 bits per heavy atom.